The van der Waals surface area contributed by atoms with Crippen molar-refractivity contribution in [2.75, 3.05) is 23.9 Å². The standard InChI is InChI=1S/C27H23N9O2/c1-35-19-6-4-3-5-15(19)11-20(35)27(37)33-18-8-7-16(12-21(18)38-2)24-23-25(29)31-14-32-26(23)36(34-24)22-13-17(28)9-10-30-22/h3-14H,1-2H3,(H2,28,30)(H,33,37)(H2,29,31,32). The van der Waals surface area contributed by atoms with Crippen molar-refractivity contribution in [3.05, 3.63) is 78.9 Å². The fraction of sp³-hybridized carbons (Fsp3) is 0.0741. The number of pyridine rings is 1. The highest BCUT2D eigenvalue weighted by Crippen LogP contribution is 2.36. The summed E-state index contributed by atoms with van der Waals surface area (Å²) >= 11 is 0. The molecule has 5 N–H and O–H groups in total. The Hall–Kier alpha value is -5.45. The Morgan fingerprint density at radius 3 is 2.63 bits per heavy atom. The molecule has 0 aliphatic rings. The molecule has 4 heterocycles. The summed E-state index contributed by atoms with van der Waals surface area (Å²) in [5, 5.41) is 9.26. The number of fused-ring (bicyclic) bond motifs is 2. The van der Waals surface area contributed by atoms with Gasteiger partial charge in [0, 0.05) is 41.5 Å². The number of amides is 1. The van der Waals surface area contributed by atoms with Gasteiger partial charge in [-0.15, -0.1) is 0 Å². The topological polar surface area (TPSA) is 152 Å². The number of nitrogens with two attached hydrogens (primary N) is 2. The van der Waals surface area contributed by atoms with Crippen LogP contribution in [0.5, 0.6) is 5.75 Å². The van der Waals surface area contributed by atoms with E-state index in [9.17, 15) is 4.79 Å². The molecule has 0 aliphatic heterocycles. The number of carbonyl (C=O) groups excluding carboxylic acids is 1. The molecule has 38 heavy (non-hydrogen) atoms. The molecule has 6 aromatic rings. The third-order valence-corrected chi connectivity index (χ3v) is 6.39. The van der Waals surface area contributed by atoms with Crippen LogP contribution >= 0.6 is 0 Å². The number of hydrogen-bond acceptors (Lipinski definition) is 8. The molecule has 0 saturated carbocycles. The first-order chi connectivity index (χ1) is 18.4. The number of anilines is 3. The van der Waals surface area contributed by atoms with Crippen molar-refractivity contribution in [1.29, 1.82) is 0 Å². The molecule has 0 unspecified atom stereocenters. The Bertz CT molecular complexity index is 1860. The molecule has 0 bridgehead atoms. The molecular formula is C27H23N9O2. The van der Waals surface area contributed by atoms with Gasteiger partial charge in [0.05, 0.1) is 18.2 Å². The van der Waals surface area contributed by atoms with E-state index in [-0.39, 0.29) is 11.7 Å². The first-order valence-electron chi connectivity index (χ1n) is 11.7. The van der Waals surface area contributed by atoms with Crippen LogP contribution in [0.2, 0.25) is 0 Å². The van der Waals surface area contributed by atoms with Crippen LogP contribution in [0, 0.1) is 0 Å². The lowest BCUT2D eigenvalue weighted by Gasteiger charge is -2.12. The number of rotatable bonds is 5. The SMILES string of the molecule is COc1cc(-c2nn(-c3cc(N)ccn3)c3ncnc(N)c23)ccc1NC(=O)c1cc2ccccc2n1C. The van der Waals surface area contributed by atoms with E-state index in [1.807, 2.05) is 48.0 Å². The fourth-order valence-corrected chi connectivity index (χ4v) is 4.52. The van der Waals surface area contributed by atoms with Gasteiger partial charge in [0.1, 0.15) is 29.3 Å². The van der Waals surface area contributed by atoms with Crippen LogP contribution in [0.1, 0.15) is 10.5 Å². The third-order valence-electron chi connectivity index (χ3n) is 6.39. The summed E-state index contributed by atoms with van der Waals surface area (Å²) < 4.78 is 9.06. The lowest BCUT2D eigenvalue weighted by Crippen LogP contribution is -2.16. The van der Waals surface area contributed by atoms with Gasteiger partial charge in [-0.1, -0.05) is 24.3 Å². The van der Waals surface area contributed by atoms with Gasteiger partial charge in [-0.05, 0) is 30.3 Å². The van der Waals surface area contributed by atoms with Crippen LogP contribution < -0.4 is 21.5 Å². The molecule has 0 spiro atoms. The number of aromatic nitrogens is 6. The molecule has 0 aliphatic carbocycles. The Balaban J connectivity index is 1.41. The summed E-state index contributed by atoms with van der Waals surface area (Å²) in [7, 11) is 3.40. The number of carbonyl (C=O) groups is 1. The van der Waals surface area contributed by atoms with Gasteiger partial charge in [0.15, 0.2) is 11.5 Å². The van der Waals surface area contributed by atoms with Crippen molar-refractivity contribution < 1.29 is 9.53 Å². The number of nitrogens with one attached hydrogen (secondary N) is 1. The van der Waals surface area contributed by atoms with Crippen molar-refractivity contribution in [2.45, 2.75) is 0 Å². The van der Waals surface area contributed by atoms with Crippen molar-refractivity contribution in [1.82, 2.24) is 29.3 Å². The zero-order valence-electron chi connectivity index (χ0n) is 20.6. The van der Waals surface area contributed by atoms with Crippen molar-refractivity contribution in [3.63, 3.8) is 0 Å². The molecule has 0 saturated heterocycles. The van der Waals surface area contributed by atoms with Crippen LogP contribution in [0.4, 0.5) is 17.2 Å². The number of methoxy groups -OCH3 is 1. The number of hydrogen-bond donors (Lipinski definition) is 3. The first kappa shape index (κ1) is 23.0. The summed E-state index contributed by atoms with van der Waals surface area (Å²) in [5.41, 5.74) is 16.5. The van der Waals surface area contributed by atoms with Crippen molar-refractivity contribution in [2.24, 2.45) is 7.05 Å². The second-order valence-electron chi connectivity index (χ2n) is 8.68. The average molecular weight is 506 g/mol. The summed E-state index contributed by atoms with van der Waals surface area (Å²) in [5.74, 6) is 0.960. The van der Waals surface area contributed by atoms with E-state index in [1.165, 1.54) is 13.4 Å². The van der Waals surface area contributed by atoms with Gasteiger partial charge in [0.2, 0.25) is 0 Å². The van der Waals surface area contributed by atoms with E-state index in [1.54, 1.807) is 35.1 Å². The minimum atomic E-state index is -0.255. The van der Waals surface area contributed by atoms with E-state index in [2.05, 4.69) is 20.3 Å². The van der Waals surface area contributed by atoms with Gasteiger partial charge < -0.3 is 26.1 Å². The monoisotopic (exact) mass is 505 g/mol. The minimum absolute atomic E-state index is 0.255. The van der Waals surface area contributed by atoms with Gasteiger partial charge in [0.25, 0.3) is 5.91 Å². The zero-order chi connectivity index (χ0) is 26.4. The number of ether oxygens (including phenoxy) is 1. The number of nitrogen functional groups attached to an aromatic ring is 2. The maximum Gasteiger partial charge on any atom is 0.272 e. The molecule has 6 rings (SSSR count). The Morgan fingerprint density at radius 1 is 1.00 bits per heavy atom. The van der Waals surface area contributed by atoms with Gasteiger partial charge in [-0.3, -0.25) is 4.79 Å². The fourth-order valence-electron chi connectivity index (χ4n) is 4.52. The maximum absolute atomic E-state index is 13.2. The Morgan fingerprint density at radius 2 is 1.84 bits per heavy atom. The summed E-state index contributed by atoms with van der Waals surface area (Å²) in [6, 6.07) is 18.4. The highest BCUT2D eigenvalue weighted by molar-refractivity contribution is 6.07. The second kappa shape index (κ2) is 8.89. The van der Waals surface area contributed by atoms with Gasteiger partial charge in [-0.2, -0.15) is 9.78 Å². The minimum Gasteiger partial charge on any atom is -0.495 e. The Kier molecular flexibility index (Phi) is 5.38. The molecule has 11 nitrogen and oxygen atoms in total. The molecule has 11 heteroatoms. The predicted molar refractivity (Wildman–Crippen MR) is 146 cm³/mol. The van der Waals surface area contributed by atoms with E-state index in [0.29, 0.717) is 50.9 Å². The number of para-hydroxylation sites is 1. The largest absolute Gasteiger partial charge is 0.495 e. The van der Waals surface area contributed by atoms with E-state index in [0.717, 1.165) is 10.9 Å². The van der Waals surface area contributed by atoms with E-state index >= 15 is 0 Å². The summed E-state index contributed by atoms with van der Waals surface area (Å²) in [4.78, 5) is 26.1. The molecule has 0 atom stereocenters. The Labute approximate surface area is 216 Å². The zero-order valence-corrected chi connectivity index (χ0v) is 20.6. The molecule has 0 fully saturated rings. The van der Waals surface area contributed by atoms with Crippen LogP contribution in [0.3, 0.4) is 0 Å². The maximum atomic E-state index is 13.2. The van der Waals surface area contributed by atoms with Crippen molar-refractivity contribution >= 4 is 45.0 Å². The quantitative estimate of drug-likeness (QED) is 0.320. The number of benzene rings is 2. The van der Waals surface area contributed by atoms with Crippen LogP contribution in [0.25, 0.3) is 39.0 Å². The third kappa shape index (κ3) is 3.73. The summed E-state index contributed by atoms with van der Waals surface area (Å²) in [6.45, 7) is 0. The highest BCUT2D eigenvalue weighted by Gasteiger charge is 2.21. The molecule has 188 valence electrons. The molecule has 2 aromatic carbocycles. The highest BCUT2D eigenvalue weighted by atomic mass is 16.5. The molecule has 0 radical (unpaired) electrons. The smallest absolute Gasteiger partial charge is 0.272 e. The predicted octanol–water partition coefficient (Wildman–Crippen LogP) is 3.79. The van der Waals surface area contributed by atoms with Crippen LogP contribution in [-0.2, 0) is 7.05 Å². The molecule has 4 aromatic heterocycles. The van der Waals surface area contributed by atoms with E-state index < -0.39 is 0 Å². The lowest BCUT2D eigenvalue weighted by atomic mass is 10.1. The van der Waals surface area contributed by atoms with Crippen LogP contribution in [-0.4, -0.2) is 42.3 Å². The average Bonchev–Trinajstić information content (AvgIpc) is 3.48. The number of nitrogens with zero attached hydrogens (tertiary/aromatic N) is 6. The van der Waals surface area contributed by atoms with Gasteiger partial charge in [-0.25, -0.2) is 15.0 Å². The summed E-state index contributed by atoms with van der Waals surface area (Å²) in [6.07, 6.45) is 2.97. The molecular weight excluding hydrogens is 482 g/mol. The second-order valence-corrected chi connectivity index (χ2v) is 8.68. The van der Waals surface area contributed by atoms with Crippen molar-refractivity contribution in [3.8, 4) is 22.8 Å². The normalized spacial score (nSPS) is 11.2. The first-order valence-corrected chi connectivity index (χ1v) is 11.7. The lowest BCUT2D eigenvalue weighted by molar-refractivity contribution is 0.101. The molecule has 1 amide bonds. The van der Waals surface area contributed by atoms with E-state index in [4.69, 9.17) is 21.3 Å². The van der Waals surface area contributed by atoms with Crippen LogP contribution in [0.15, 0.2) is 73.2 Å². The number of aryl methyl sites for hydroxylation is 1. The van der Waals surface area contributed by atoms with Gasteiger partial charge >= 0.3 is 0 Å².